The lowest BCUT2D eigenvalue weighted by Crippen LogP contribution is -2.31. The van der Waals surface area contributed by atoms with Crippen molar-refractivity contribution < 1.29 is 9.18 Å². The van der Waals surface area contributed by atoms with Crippen LogP contribution in [0.5, 0.6) is 0 Å². The molecule has 1 aliphatic heterocycles. The largest absolute Gasteiger partial charge is 0.353 e. The van der Waals surface area contributed by atoms with Crippen molar-refractivity contribution >= 4 is 49.1 Å². The number of pyridine rings is 2. The molecule has 0 unspecified atom stereocenters. The molecule has 7 nitrogen and oxygen atoms in total. The molecule has 5 rings (SSSR count). The standard InChI is InChI=1S/C25H28FN5O2S/c1-3-4-10-27-24(33)20-21(32)16-15-17(26)23(30-12-7-11-29(2)13-14-30)28-22(16)31-18-8-5-6-9-19(18)34-25(20)31/h5-6,8-9,15H,3-4,7,10-14H2,1-2H3,(H,27,33). The van der Waals surface area contributed by atoms with E-state index < -0.39 is 17.2 Å². The third-order valence-electron chi connectivity index (χ3n) is 6.41. The first kappa shape index (κ1) is 22.7. The number of nitrogens with zero attached hydrogens (tertiary/aromatic N) is 4. The zero-order valence-electron chi connectivity index (χ0n) is 19.4. The molecule has 1 amide bonds. The Labute approximate surface area is 200 Å². The Bertz CT molecular complexity index is 1450. The van der Waals surface area contributed by atoms with Gasteiger partial charge in [-0.15, -0.1) is 11.3 Å². The van der Waals surface area contributed by atoms with Gasteiger partial charge in [0.1, 0.15) is 10.4 Å². The fourth-order valence-corrected chi connectivity index (χ4v) is 5.73. The van der Waals surface area contributed by atoms with E-state index in [-0.39, 0.29) is 16.8 Å². The van der Waals surface area contributed by atoms with Gasteiger partial charge in [-0.05, 0) is 44.6 Å². The number of hydrogen-bond acceptors (Lipinski definition) is 6. The number of halogens is 1. The highest BCUT2D eigenvalue weighted by atomic mass is 32.1. The molecule has 0 saturated carbocycles. The summed E-state index contributed by atoms with van der Waals surface area (Å²) in [4.78, 5) is 36.1. The molecule has 4 heterocycles. The summed E-state index contributed by atoms with van der Waals surface area (Å²) in [6.45, 7) is 5.63. The molecule has 0 spiro atoms. The first-order chi connectivity index (χ1) is 16.5. The molecular weight excluding hydrogens is 453 g/mol. The fraction of sp³-hybridized carbons (Fsp3) is 0.400. The van der Waals surface area contributed by atoms with E-state index in [0.29, 0.717) is 30.1 Å². The van der Waals surface area contributed by atoms with Gasteiger partial charge in [0.25, 0.3) is 5.91 Å². The van der Waals surface area contributed by atoms with E-state index in [1.807, 2.05) is 40.5 Å². The molecule has 178 valence electrons. The van der Waals surface area contributed by atoms with E-state index in [2.05, 4.69) is 17.3 Å². The Hall–Kier alpha value is -3.04. The predicted octanol–water partition coefficient (Wildman–Crippen LogP) is 3.87. The number of hydrogen-bond donors (Lipinski definition) is 1. The van der Waals surface area contributed by atoms with Crippen molar-refractivity contribution in [2.75, 3.05) is 44.7 Å². The van der Waals surface area contributed by atoms with E-state index in [9.17, 15) is 9.59 Å². The van der Waals surface area contributed by atoms with Gasteiger partial charge in [0, 0.05) is 26.2 Å². The molecule has 4 aromatic rings. The van der Waals surface area contributed by atoms with Gasteiger partial charge in [0.05, 0.1) is 15.6 Å². The quantitative estimate of drug-likeness (QED) is 0.438. The number of thiazole rings is 1. The summed E-state index contributed by atoms with van der Waals surface area (Å²) >= 11 is 1.38. The number of unbranched alkanes of at least 4 members (excludes halogenated alkanes) is 1. The monoisotopic (exact) mass is 481 g/mol. The number of carbonyl (C=O) groups excluding carboxylic acids is 1. The average Bonchev–Trinajstić information content (AvgIpc) is 3.07. The van der Waals surface area contributed by atoms with Crippen LogP contribution in [0.25, 0.3) is 26.1 Å². The summed E-state index contributed by atoms with van der Waals surface area (Å²) in [5.41, 5.74) is 0.798. The van der Waals surface area contributed by atoms with E-state index in [1.54, 1.807) is 0 Å². The second-order valence-corrected chi connectivity index (χ2v) is 9.86. The Morgan fingerprint density at radius 1 is 1.21 bits per heavy atom. The molecule has 0 atom stereocenters. The van der Waals surface area contributed by atoms with Crippen LogP contribution in [-0.4, -0.2) is 60.0 Å². The highest BCUT2D eigenvalue weighted by molar-refractivity contribution is 7.24. The molecule has 3 aromatic heterocycles. The molecule has 1 fully saturated rings. The van der Waals surface area contributed by atoms with Crippen molar-refractivity contribution in [3.8, 4) is 0 Å². The van der Waals surface area contributed by atoms with Crippen molar-refractivity contribution in [2.45, 2.75) is 26.2 Å². The zero-order chi connectivity index (χ0) is 23.8. The third-order valence-corrected chi connectivity index (χ3v) is 7.56. The molecule has 0 bridgehead atoms. The lowest BCUT2D eigenvalue weighted by Gasteiger charge is -2.22. The van der Waals surface area contributed by atoms with Crippen LogP contribution in [0.15, 0.2) is 35.1 Å². The third kappa shape index (κ3) is 3.92. The molecule has 1 aromatic carbocycles. The van der Waals surface area contributed by atoms with Crippen molar-refractivity contribution in [3.63, 3.8) is 0 Å². The maximum absolute atomic E-state index is 15.4. The predicted molar refractivity (Wildman–Crippen MR) is 136 cm³/mol. The van der Waals surface area contributed by atoms with E-state index in [1.165, 1.54) is 17.4 Å². The van der Waals surface area contributed by atoms with Gasteiger partial charge >= 0.3 is 0 Å². The molecule has 1 N–H and O–H groups in total. The van der Waals surface area contributed by atoms with Crippen molar-refractivity contribution in [3.05, 3.63) is 51.9 Å². The van der Waals surface area contributed by atoms with Crippen LogP contribution >= 0.6 is 11.3 Å². The zero-order valence-corrected chi connectivity index (χ0v) is 20.3. The highest BCUT2D eigenvalue weighted by Crippen LogP contribution is 2.32. The van der Waals surface area contributed by atoms with Crippen LogP contribution in [-0.2, 0) is 0 Å². The summed E-state index contributed by atoms with van der Waals surface area (Å²) in [5.74, 6) is -0.707. The van der Waals surface area contributed by atoms with Crippen LogP contribution in [0.4, 0.5) is 10.2 Å². The topological polar surface area (TPSA) is 70.0 Å². The van der Waals surface area contributed by atoms with Gasteiger partial charge in [0.15, 0.2) is 17.3 Å². The number of aromatic nitrogens is 2. The Morgan fingerprint density at radius 3 is 2.85 bits per heavy atom. The second kappa shape index (κ2) is 9.31. The minimum atomic E-state index is -0.536. The number of benzene rings is 1. The Kier molecular flexibility index (Phi) is 6.22. The van der Waals surface area contributed by atoms with Crippen LogP contribution < -0.4 is 15.6 Å². The van der Waals surface area contributed by atoms with Gasteiger partial charge in [-0.1, -0.05) is 25.5 Å². The number of likely N-dealkylation sites (N-methyl/N-ethyl adjacent to an activating group) is 1. The summed E-state index contributed by atoms with van der Waals surface area (Å²) in [5, 5.41) is 2.98. The number of rotatable bonds is 5. The summed E-state index contributed by atoms with van der Waals surface area (Å²) in [6.07, 6.45) is 2.66. The molecule has 34 heavy (non-hydrogen) atoms. The number of nitrogens with one attached hydrogen (secondary N) is 1. The minimum absolute atomic E-state index is 0.0511. The molecule has 0 aliphatic carbocycles. The maximum Gasteiger partial charge on any atom is 0.258 e. The first-order valence-electron chi connectivity index (χ1n) is 11.8. The van der Waals surface area contributed by atoms with Crippen molar-refractivity contribution in [1.82, 2.24) is 19.6 Å². The summed E-state index contributed by atoms with van der Waals surface area (Å²) < 4.78 is 18.1. The van der Waals surface area contributed by atoms with Crippen LogP contribution in [0.3, 0.4) is 0 Å². The maximum atomic E-state index is 15.4. The van der Waals surface area contributed by atoms with Gasteiger partial charge in [-0.2, -0.15) is 0 Å². The number of para-hydroxylation sites is 1. The normalized spacial score (nSPS) is 15.3. The van der Waals surface area contributed by atoms with E-state index in [4.69, 9.17) is 4.98 Å². The molecular formula is C25H28FN5O2S. The van der Waals surface area contributed by atoms with Gasteiger partial charge < -0.3 is 15.1 Å². The van der Waals surface area contributed by atoms with Gasteiger partial charge in [0.2, 0.25) is 5.43 Å². The minimum Gasteiger partial charge on any atom is -0.353 e. The number of anilines is 1. The van der Waals surface area contributed by atoms with Crippen molar-refractivity contribution in [1.29, 1.82) is 0 Å². The summed E-state index contributed by atoms with van der Waals surface area (Å²) in [6, 6.07) is 8.99. The number of fused-ring (bicyclic) bond motifs is 5. The average molecular weight is 482 g/mol. The second-order valence-electron chi connectivity index (χ2n) is 8.83. The first-order valence-corrected chi connectivity index (χ1v) is 12.6. The lowest BCUT2D eigenvalue weighted by atomic mass is 10.1. The Balaban J connectivity index is 1.77. The number of amides is 1. The van der Waals surface area contributed by atoms with Crippen LogP contribution in [0.2, 0.25) is 0 Å². The SMILES string of the molecule is CCCCNC(=O)c1c(=O)c2cc(F)c(N3CCCN(C)CC3)nc2n2c1sc1ccccc12. The lowest BCUT2D eigenvalue weighted by molar-refractivity contribution is 0.0954. The van der Waals surface area contributed by atoms with Crippen LogP contribution in [0, 0.1) is 5.82 Å². The van der Waals surface area contributed by atoms with Gasteiger partial charge in [-0.3, -0.25) is 14.0 Å². The highest BCUT2D eigenvalue weighted by Gasteiger charge is 2.25. The molecule has 1 saturated heterocycles. The van der Waals surface area contributed by atoms with Crippen LogP contribution in [0.1, 0.15) is 36.5 Å². The number of carbonyl (C=O) groups is 1. The molecule has 1 aliphatic rings. The van der Waals surface area contributed by atoms with E-state index >= 15 is 4.39 Å². The smallest absolute Gasteiger partial charge is 0.258 e. The fourth-order valence-electron chi connectivity index (χ4n) is 4.55. The van der Waals surface area contributed by atoms with Crippen molar-refractivity contribution in [2.24, 2.45) is 0 Å². The molecule has 0 radical (unpaired) electrons. The van der Waals surface area contributed by atoms with Gasteiger partial charge in [-0.25, -0.2) is 9.37 Å². The summed E-state index contributed by atoms with van der Waals surface area (Å²) in [7, 11) is 2.06. The Morgan fingerprint density at radius 2 is 2.03 bits per heavy atom. The molecule has 9 heteroatoms. The van der Waals surface area contributed by atoms with E-state index in [0.717, 1.165) is 42.6 Å².